The van der Waals surface area contributed by atoms with Gasteiger partial charge in [-0.05, 0) is 11.5 Å². The predicted molar refractivity (Wildman–Crippen MR) is 92.0 cm³/mol. The van der Waals surface area contributed by atoms with Crippen LogP contribution in [-0.2, 0) is 11.3 Å². The van der Waals surface area contributed by atoms with Gasteiger partial charge >= 0.3 is 6.03 Å². The molecular weight excluding hydrogens is 308 g/mol. The van der Waals surface area contributed by atoms with Gasteiger partial charge in [0.25, 0.3) is 0 Å². The molecule has 1 aliphatic rings. The number of pyridine rings is 1. The molecule has 2 heterocycles. The van der Waals surface area contributed by atoms with E-state index in [9.17, 15) is 4.79 Å². The third kappa shape index (κ3) is 5.65. The minimum atomic E-state index is -0.162. The van der Waals surface area contributed by atoms with Gasteiger partial charge in [-0.1, -0.05) is 19.9 Å². The summed E-state index contributed by atoms with van der Waals surface area (Å²) >= 11 is 0. The Morgan fingerprint density at radius 3 is 2.67 bits per heavy atom. The highest BCUT2D eigenvalue weighted by Gasteiger charge is 2.24. The van der Waals surface area contributed by atoms with Crippen molar-refractivity contribution in [2.24, 2.45) is 5.92 Å². The maximum atomic E-state index is 12.0. The lowest BCUT2D eigenvalue weighted by atomic mass is 10.0. The highest BCUT2D eigenvalue weighted by molar-refractivity contribution is 5.73. The normalized spacial score (nSPS) is 16.7. The van der Waals surface area contributed by atoms with Crippen molar-refractivity contribution in [3.63, 3.8) is 0 Å². The fourth-order valence-electron chi connectivity index (χ4n) is 2.77. The Morgan fingerprint density at radius 1 is 1.33 bits per heavy atom. The number of nitrogens with zero attached hydrogens (tertiary/aromatic N) is 2. The van der Waals surface area contributed by atoms with Crippen LogP contribution < -0.4 is 15.4 Å². The Bertz CT molecular complexity index is 501. The second-order valence-corrected chi connectivity index (χ2v) is 6.23. The summed E-state index contributed by atoms with van der Waals surface area (Å²) < 4.78 is 10.4. The first-order chi connectivity index (χ1) is 11.6. The van der Waals surface area contributed by atoms with Crippen LogP contribution in [0.3, 0.4) is 0 Å². The Hall–Kier alpha value is -1.86. The maximum Gasteiger partial charge on any atom is 0.315 e. The molecule has 0 radical (unpaired) electrons. The minimum absolute atomic E-state index is 0.162. The molecular formula is C17H28N4O3. The van der Waals surface area contributed by atoms with Crippen molar-refractivity contribution in [2.45, 2.75) is 26.4 Å². The zero-order chi connectivity index (χ0) is 17.4. The van der Waals surface area contributed by atoms with E-state index in [-0.39, 0.29) is 6.03 Å². The molecule has 2 amide bonds. The summed E-state index contributed by atoms with van der Waals surface area (Å²) in [6.07, 6.45) is 1.70. The van der Waals surface area contributed by atoms with Gasteiger partial charge in [0, 0.05) is 44.5 Å². The number of ether oxygens (including phenoxy) is 2. The maximum absolute atomic E-state index is 12.0. The van der Waals surface area contributed by atoms with Gasteiger partial charge in [-0.15, -0.1) is 0 Å². The Morgan fingerprint density at radius 2 is 2.08 bits per heavy atom. The molecule has 0 bridgehead atoms. The van der Waals surface area contributed by atoms with Crippen LogP contribution >= 0.6 is 0 Å². The SMILES string of the molecule is COc1ccc(CNC(=O)NCC(C(C)C)N2CCOCC2)cn1. The molecule has 134 valence electrons. The number of carbonyl (C=O) groups excluding carboxylic acids is 1. The number of nitrogens with one attached hydrogen (secondary N) is 2. The second-order valence-electron chi connectivity index (χ2n) is 6.23. The first kappa shape index (κ1) is 18.5. The van der Waals surface area contributed by atoms with Crippen molar-refractivity contribution >= 4 is 6.03 Å². The van der Waals surface area contributed by atoms with E-state index in [1.807, 2.05) is 6.07 Å². The number of aromatic nitrogens is 1. The van der Waals surface area contributed by atoms with Gasteiger partial charge in [0.1, 0.15) is 0 Å². The highest BCUT2D eigenvalue weighted by Crippen LogP contribution is 2.12. The van der Waals surface area contributed by atoms with Gasteiger partial charge < -0.3 is 20.1 Å². The van der Waals surface area contributed by atoms with Gasteiger partial charge in [0.15, 0.2) is 0 Å². The molecule has 7 nitrogen and oxygen atoms in total. The van der Waals surface area contributed by atoms with E-state index in [4.69, 9.17) is 9.47 Å². The Kier molecular flexibility index (Phi) is 7.27. The molecule has 7 heteroatoms. The topological polar surface area (TPSA) is 75.7 Å². The average molecular weight is 336 g/mol. The van der Waals surface area contributed by atoms with Crippen LogP contribution in [0.1, 0.15) is 19.4 Å². The van der Waals surface area contributed by atoms with Crippen molar-refractivity contribution in [1.29, 1.82) is 0 Å². The lowest BCUT2D eigenvalue weighted by molar-refractivity contribution is 0.00719. The first-order valence-corrected chi connectivity index (χ1v) is 8.42. The highest BCUT2D eigenvalue weighted by atomic mass is 16.5. The quantitative estimate of drug-likeness (QED) is 0.784. The zero-order valence-electron chi connectivity index (χ0n) is 14.7. The summed E-state index contributed by atoms with van der Waals surface area (Å²) in [6.45, 7) is 8.80. The summed E-state index contributed by atoms with van der Waals surface area (Å²) in [7, 11) is 1.58. The van der Waals surface area contributed by atoms with Gasteiger partial charge in [-0.2, -0.15) is 0 Å². The molecule has 0 aromatic carbocycles. The molecule has 1 aromatic rings. The molecule has 2 N–H and O–H groups in total. The summed E-state index contributed by atoms with van der Waals surface area (Å²) in [5, 5.41) is 5.84. The molecule has 24 heavy (non-hydrogen) atoms. The van der Waals surface area contributed by atoms with Crippen molar-refractivity contribution in [3.05, 3.63) is 23.9 Å². The summed E-state index contributed by atoms with van der Waals surface area (Å²) in [6, 6.07) is 3.82. The average Bonchev–Trinajstić information content (AvgIpc) is 2.61. The fraction of sp³-hybridized carbons (Fsp3) is 0.647. The number of methoxy groups -OCH3 is 1. The predicted octanol–water partition coefficient (Wildman–Crippen LogP) is 1.25. The standard InChI is InChI=1S/C17H28N4O3/c1-13(2)15(21-6-8-24-9-7-21)12-20-17(22)19-11-14-4-5-16(23-3)18-10-14/h4-5,10,13,15H,6-9,11-12H2,1-3H3,(H2,19,20,22). The lowest BCUT2D eigenvalue weighted by Gasteiger charge is -2.36. The molecule has 0 aliphatic carbocycles. The van der Waals surface area contributed by atoms with E-state index in [2.05, 4.69) is 34.4 Å². The van der Waals surface area contributed by atoms with Crippen LogP contribution in [0.15, 0.2) is 18.3 Å². The van der Waals surface area contributed by atoms with E-state index < -0.39 is 0 Å². The van der Waals surface area contributed by atoms with Crippen molar-refractivity contribution in [1.82, 2.24) is 20.5 Å². The molecule has 1 atom stereocenters. The zero-order valence-corrected chi connectivity index (χ0v) is 14.7. The monoisotopic (exact) mass is 336 g/mol. The largest absolute Gasteiger partial charge is 0.481 e. The van der Waals surface area contributed by atoms with Crippen LogP contribution in [0.4, 0.5) is 4.79 Å². The third-order valence-electron chi connectivity index (χ3n) is 4.22. The van der Waals surface area contributed by atoms with E-state index >= 15 is 0 Å². The summed E-state index contributed by atoms with van der Waals surface area (Å²) in [5.41, 5.74) is 0.930. The number of urea groups is 1. The van der Waals surface area contributed by atoms with Crippen molar-refractivity contribution in [3.8, 4) is 5.88 Å². The first-order valence-electron chi connectivity index (χ1n) is 8.42. The van der Waals surface area contributed by atoms with E-state index in [0.717, 1.165) is 31.9 Å². The molecule has 1 aromatic heterocycles. The lowest BCUT2D eigenvalue weighted by Crippen LogP contribution is -2.52. The number of carbonyl (C=O) groups is 1. The third-order valence-corrected chi connectivity index (χ3v) is 4.22. The smallest absolute Gasteiger partial charge is 0.315 e. The second kappa shape index (κ2) is 9.44. The van der Waals surface area contributed by atoms with E-state index in [0.29, 0.717) is 30.9 Å². The number of hydrogen-bond acceptors (Lipinski definition) is 5. The van der Waals surface area contributed by atoms with E-state index in [1.165, 1.54) is 0 Å². The molecule has 1 saturated heterocycles. The number of morpholine rings is 1. The Balaban J connectivity index is 1.75. The van der Waals surface area contributed by atoms with Crippen molar-refractivity contribution in [2.75, 3.05) is 40.0 Å². The molecule has 1 fully saturated rings. The van der Waals surface area contributed by atoms with Gasteiger partial charge in [0.05, 0.1) is 20.3 Å². The molecule has 0 spiro atoms. The van der Waals surface area contributed by atoms with Gasteiger partial charge in [0.2, 0.25) is 5.88 Å². The molecule has 1 aliphatic heterocycles. The number of amides is 2. The van der Waals surface area contributed by atoms with Crippen LogP contribution in [0.5, 0.6) is 5.88 Å². The molecule has 2 rings (SSSR count). The summed E-state index contributed by atoms with van der Waals surface area (Å²) in [4.78, 5) is 18.6. The van der Waals surface area contributed by atoms with E-state index in [1.54, 1.807) is 19.4 Å². The number of hydrogen-bond donors (Lipinski definition) is 2. The van der Waals surface area contributed by atoms with Gasteiger partial charge in [-0.25, -0.2) is 9.78 Å². The van der Waals surface area contributed by atoms with Crippen LogP contribution in [0.25, 0.3) is 0 Å². The minimum Gasteiger partial charge on any atom is -0.481 e. The van der Waals surface area contributed by atoms with Crippen LogP contribution in [-0.4, -0.2) is 61.9 Å². The van der Waals surface area contributed by atoms with Crippen molar-refractivity contribution < 1.29 is 14.3 Å². The van der Waals surface area contributed by atoms with Crippen LogP contribution in [0.2, 0.25) is 0 Å². The summed E-state index contributed by atoms with van der Waals surface area (Å²) in [5.74, 6) is 1.03. The van der Waals surface area contributed by atoms with Crippen LogP contribution in [0, 0.1) is 5.92 Å². The fourth-order valence-corrected chi connectivity index (χ4v) is 2.77. The number of rotatable bonds is 7. The molecule has 0 saturated carbocycles. The van der Waals surface area contributed by atoms with Gasteiger partial charge in [-0.3, -0.25) is 4.90 Å². The molecule has 1 unspecified atom stereocenters. The Labute approximate surface area is 143 Å².